The minimum absolute atomic E-state index is 0.00777. The number of esters is 4. The number of carbonyl (C=O) groups is 4. The molecular formula is C54H46N2O10. The van der Waals surface area contributed by atoms with Crippen LogP contribution in [0.1, 0.15) is 88.2 Å². The van der Waals surface area contributed by atoms with Gasteiger partial charge in [-0.1, -0.05) is 56.0 Å². The average molecular weight is 883 g/mol. The molecular weight excluding hydrogens is 837 g/mol. The third kappa shape index (κ3) is 14.3. The van der Waals surface area contributed by atoms with Gasteiger partial charge in [0, 0.05) is 17.3 Å². The average Bonchev–Trinajstić information content (AvgIpc) is 3.35. The standard InChI is InChI=1S/C54H46N2O10/c1-4-43(52(58)64-36-62-48-30-22-45(23-31-48)53(59)65-49-24-16-40(17-25-49)11-10-39-12-14-41(33-55)15-13-39)32-37(2)51(57)63-35-61-47-28-20-46(21-29-47)54(60)66-50-26-18-42(19-27-50)34-56-38(3)44-8-6-5-7-9-44/h5-9,12-31,34,37-38,43H,4,32,35-36H2,1-3H3. The number of hydrogen-bond donors (Lipinski definition) is 0. The number of benzene rings is 6. The Balaban J connectivity index is 0.860. The first-order valence-electron chi connectivity index (χ1n) is 21.1. The molecule has 0 saturated carbocycles. The van der Waals surface area contributed by atoms with Crippen LogP contribution in [0.25, 0.3) is 0 Å². The Hall–Kier alpha value is -8.48. The Bertz CT molecular complexity index is 2700. The molecule has 6 aromatic rings. The summed E-state index contributed by atoms with van der Waals surface area (Å²) >= 11 is 0. The highest BCUT2D eigenvalue weighted by Crippen LogP contribution is 2.22. The van der Waals surface area contributed by atoms with Crippen molar-refractivity contribution < 1.29 is 47.6 Å². The lowest BCUT2D eigenvalue weighted by Crippen LogP contribution is -2.26. The molecule has 6 rings (SSSR count). The molecule has 0 saturated heterocycles. The van der Waals surface area contributed by atoms with Crippen molar-refractivity contribution in [2.75, 3.05) is 13.6 Å². The molecule has 66 heavy (non-hydrogen) atoms. The Kier molecular flexibility index (Phi) is 17.0. The highest BCUT2D eigenvalue weighted by atomic mass is 16.7. The van der Waals surface area contributed by atoms with E-state index >= 15 is 0 Å². The fourth-order valence-corrected chi connectivity index (χ4v) is 6.25. The second kappa shape index (κ2) is 23.8. The van der Waals surface area contributed by atoms with Crippen molar-refractivity contribution in [1.29, 1.82) is 5.26 Å². The summed E-state index contributed by atoms with van der Waals surface area (Å²) in [6, 6.07) is 45.2. The normalized spacial score (nSPS) is 12.0. The Morgan fingerprint density at radius 1 is 0.576 bits per heavy atom. The van der Waals surface area contributed by atoms with Gasteiger partial charge in [0.2, 0.25) is 13.6 Å². The van der Waals surface area contributed by atoms with Gasteiger partial charge in [0.15, 0.2) is 0 Å². The minimum atomic E-state index is -0.637. The van der Waals surface area contributed by atoms with Crippen LogP contribution in [0.5, 0.6) is 23.0 Å². The van der Waals surface area contributed by atoms with Crippen molar-refractivity contribution in [1.82, 2.24) is 0 Å². The molecule has 0 aliphatic heterocycles. The molecule has 12 heteroatoms. The summed E-state index contributed by atoms with van der Waals surface area (Å²) in [4.78, 5) is 55.7. The first-order chi connectivity index (χ1) is 32.1. The van der Waals surface area contributed by atoms with Crippen molar-refractivity contribution in [3.05, 3.63) is 191 Å². The summed E-state index contributed by atoms with van der Waals surface area (Å²) in [7, 11) is 0. The number of nitriles is 1. The van der Waals surface area contributed by atoms with Gasteiger partial charge >= 0.3 is 23.9 Å². The van der Waals surface area contributed by atoms with Crippen molar-refractivity contribution in [2.45, 2.75) is 39.7 Å². The molecule has 12 nitrogen and oxygen atoms in total. The Labute approximate surface area is 383 Å². The molecule has 0 amide bonds. The van der Waals surface area contributed by atoms with E-state index in [1.54, 1.807) is 110 Å². The monoisotopic (exact) mass is 882 g/mol. The molecule has 0 aliphatic rings. The van der Waals surface area contributed by atoms with E-state index in [9.17, 15) is 19.2 Å². The molecule has 0 aliphatic carbocycles. The topological polar surface area (TPSA) is 160 Å². The molecule has 0 bridgehead atoms. The number of hydrogen-bond acceptors (Lipinski definition) is 12. The maximum atomic E-state index is 12.9. The van der Waals surface area contributed by atoms with Gasteiger partial charge in [-0.05, 0) is 152 Å². The number of nitrogens with zero attached hydrogens (tertiary/aromatic N) is 2. The van der Waals surface area contributed by atoms with Crippen LogP contribution in [0, 0.1) is 35.0 Å². The summed E-state index contributed by atoms with van der Waals surface area (Å²) in [5.41, 5.74) is 4.64. The second-order valence-corrected chi connectivity index (χ2v) is 14.9. The summed E-state index contributed by atoms with van der Waals surface area (Å²) < 4.78 is 32.8. The number of rotatable bonds is 18. The van der Waals surface area contributed by atoms with Gasteiger partial charge in [-0.2, -0.15) is 5.26 Å². The number of ether oxygens (including phenoxy) is 6. The van der Waals surface area contributed by atoms with Crippen molar-refractivity contribution in [3.63, 3.8) is 0 Å². The fourth-order valence-electron chi connectivity index (χ4n) is 6.25. The van der Waals surface area contributed by atoms with Crippen LogP contribution in [0.2, 0.25) is 0 Å². The molecule has 0 fully saturated rings. The SMILES string of the molecule is CCC(CC(C)C(=O)OCOc1ccc(C(=O)Oc2ccc(C=NC(C)c3ccccc3)cc2)cc1)C(=O)OCOc1ccc(C(=O)Oc2ccc(C#Cc3ccc(C#N)cc3)cc2)cc1. The second-order valence-electron chi connectivity index (χ2n) is 14.9. The lowest BCUT2D eigenvalue weighted by atomic mass is 9.94. The predicted molar refractivity (Wildman–Crippen MR) is 246 cm³/mol. The molecule has 3 unspecified atom stereocenters. The summed E-state index contributed by atoms with van der Waals surface area (Å²) in [6.45, 7) is 4.74. The van der Waals surface area contributed by atoms with Gasteiger partial charge in [-0.15, -0.1) is 0 Å². The first-order valence-corrected chi connectivity index (χ1v) is 21.1. The van der Waals surface area contributed by atoms with Crippen molar-refractivity contribution in [3.8, 4) is 40.9 Å². The molecule has 0 aromatic heterocycles. The van der Waals surface area contributed by atoms with Crippen molar-refractivity contribution in [2.24, 2.45) is 16.8 Å². The quantitative estimate of drug-likeness (QED) is 0.0266. The highest BCUT2D eigenvalue weighted by molar-refractivity contribution is 5.92. The van der Waals surface area contributed by atoms with Crippen LogP contribution in [-0.4, -0.2) is 43.7 Å². The van der Waals surface area contributed by atoms with Crippen LogP contribution in [-0.2, 0) is 19.1 Å². The molecule has 0 heterocycles. The van der Waals surface area contributed by atoms with E-state index in [2.05, 4.69) is 22.9 Å². The van der Waals surface area contributed by atoms with Gasteiger partial charge in [-0.3, -0.25) is 14.6 Å². The van der Waals surface area contributed by atoms with Crippen molar-refractivity contribution >= 4 is 30.1 Å². The van der Waals surface area contributed by atoms with E-state index < -0.39 is 35.7 Å². The van der Waals surface area contributed by atoms with E-state index in [1.165, 1.54) is 12.1 Å². The molecule has 0 N–H and O–H groups in total. The van der Waals surface area contributed by atoms with E-state index in [0.717, 1.165) is 22.3 Å². The van der Waals surface area contributed by atoms with Gasteiger partial charge in [0.25, 0.3) is 0 Å². The zero-order chi connectivity index (χ0) is 46.7. The van der Waals surface area contributed by atoms with E-state index in [4.69, 9.17) is 33.7 Å². The maximum absolute atomic E-state index is 12.9. The van der Waals surface area contributed by atoms with E-state index in [0.29, 0.717) is 40.5 Å². The van der Waals surface area contributed by atoms with Crippen LogP contribution in [0.15, 0.2) is 157 Å². The Morgan fingerprint density at radius 2 is 1.03 bits per heavy atom. The van der Waals surface area contributed by atoms with E-state index in [-0.39, 0.29) is 31.6 Å². The van der Waals surface area contributed by atoms with Crippen LogP contribution >= 0.6 is 0 Å². The van der Waals surface area contributed by atoms with Crippen LogP contribution < -0.4 is 18.9 Å². The van der Waals surface area contributed by atoms with Gasteiger partial charge < -0.3 is 28.4 Å². The van der Waals surface area contributed by atoms with Crippen LogP contribution in [0.3, 0.4) is 0 Å². The zero-order valence-corrected chi connectivity index (χ0v) is 36.5. The highest BCUT2D eigenvalue weighted by Gasteiger charge is 2.26. The lowest BCUT2D eigenvalue weighted by molar-refractivity contribution is -0.159. The summed E-state index contributed by atoms with van der Waals surface area (Å²) in [5, 5.41) is 8.94. The van der Waals surface area contributed by atoms with Gasteiger partial charge in [0.1, 0.15) is 23.0 Å². The molecule has 6 aromatic carbocycles. The molecule has 332 valence electrons. The third-order valence-electron chi connectivity index (χ3n) is 10.2. The van der Waals surface area contributed by atoms with E-state index in [1.807, 2.05) is 56.3 Å². The minimum Gasteiger partial charge on any atom is -0.457 e. The largest absolute Gasteiger partial charge is 0.457 e. The first kappa shape index (κ1) is 47.0. The summed E-state index contributed by atoms with van der Waals surface area (Å²) in [5.74, 6) is 4.09. The lowest BCUT2D eigenvalue weighted by Gasteiger charge is -2.18. The number of aliphatic imine (C=N–C) groups is 1. The molecule has 0 spiro atoms. The Morgan fingerprint density at radius 3 is 1.53 bits per heavy atom. The summed E-state index contributed by atoms with van der Waals surface area (Å²) in [6.07, 6.45) is 2.38. The molecule has 0 radical (unpaired) electrons. The van der Waals surface area contributed by atoms with Gasteiger partial charge in [-0.25, -0.2) is 9.59 Å². The van der Waals surface area contributed by atoms with Crippen LogP contribution in [0.4, 0.5) is 0 Å². The number of carbonyl (C=O) groups excluding carboxylic acids is 4. The third-order valence-corrected chi connectivity index (χ3v) is 10.2. The van der Waals surface area contributed by atoms with Gasteiger partial charge in [0.05, 0.1) is 40.6 Å². The fraction of sp³-hybridized carbons (Fsp3) is 0.185. The zero-order valence-electron chi connectivity index (χ0n) is 36.5. The predicted octanol–water partition coefficient (Wildman–Crippen LogP) is 10.1. The molecule has 3 atom stereocenters. The maximum Gasteiger partial charge on any atom is 0.343 e. The smallest absolute Gasteiger partial charge is 0.343 e.